The van der Waals surface area contributed by atoms with E-state index in [0.29, 0.717) is 22.0 Å². The van der Waals surface area contributed by atoms with Crippen molar-refractivity contribution in [3.05, 3.63) is 58.6 Å². The SMILES string of the molecule is Cc1cccc(-c2n[nH]c(=S)n2CC(=O)Nc2ccc(N3CCCC3)c(F)c2)c1. The van der Waals surface area contributed by atoms with E-state index in [1.54, 1.807) is 16.7 Å². The van der Waals surface area contributed by atoms with Gasteiger partial charge in [-0.2, -0.15) is 5.10 Å². The van der Waals surface area contributed by atoms with E-state index in [-0.39, 0.29) is 18.3 Å². The minimum absolute atomic E-state index is 0.0197. The zero-order chi connectivity index (χ0) is 20.4. The molecule has 6 nitrogen and oxygen atoms in total. The van der Waals surface area contributed by atoms with Crippen LogP contribution < -0.4 is 10.2 Å². The lowest BCUT2D eigenvalue weighted by Crippen LogP contribution is -2.21. The van der Waals surface area contributed by atoms with Crippen LogP contribution in [0.3, 0.4) is 0 Å². The van der Waals surface area contributed by atoms with Crippen molar-refractivity contribution in [1.29, 1.82) is 0 Å². The van der Waals surface area contributed by atoms with Crippen molar-refractivity contribution in [2.75, 3.05) is 23.3 Å². The molecule has 1 aromatic heterocycles. The number of hydrogen-bond donors (Lipinski definition) is 2. The van der Waals surface area contributed by atoms with Crippen molar-refractivity contribution in [2.24, 2.45) is 0 Å². The molecule has 0 bridgehead atoms. The average Bonchev–Trinajstić information content (AvgIpc) is 3.33. The second-order valence-electron chi connectivity index (χ2n) is 7.22. The highest BCUT2D eigenvalue weighted by Crippen LogP contribution is 2.26. The van der Waals surface area contributed by atoms with Gasteiger partial charge in [-0.15, -0.1) is 0 Å². The molecule has 1 aliphatic heterocycles. The Kier molecular flexibility index (Phi) is 5.44. The predicted octanol–water partition coefficient (Wildman–Crippen LogP) is 4.29. The molecule has 1 saturated heterocycles. The van der Waals surface area contributed by atoms with Crippen LogP contribution in [-0.4, -0.2) is 33.8 Å². The maximum absolute atomic E-state index is 14.5. The Balaban J connectivity index is 1.50. The summed E-state index contributed by atoms with van der Waals surface area (Å²) < 4.78 is 16.5. The summed E-state index contributed by atoms with van der Waals surface area (Å²) in [5.41, 5.74) is 2.95. The number of carbonyl (C=O) groups excluding carboxylic acids is 1. The van der Waals surface area contributed by atoms with Gasteiger partial charge in [-0.1, -0.05) is 23.8 Å². The summed E-state index contributed by atoms with van der Waals surface area (Å²) in [5, 5.41) is 9.75. The zero-order valence-corrected chi connectivity index (χ0v) is 16.9. The van der Waals surface area contributed by atoms with E-state index in [4.69, 9.17) is 12.2 Å². The molecule has 29 heavy (non-hydrogen) atoms. The summed E-state index contributed by atoms with van der Waals surface area (Å²) >= 11 is 5.29. The fourth-order valence-corrected chi connectivity index (χ4v) is 3.81. The molecule has 0 saturated carbocycles. The molecule has 150 valence electrons. The van der Waals surface area contributed by atoms with Crippen molar-refractivity contribution >= 4 is 29.5 Å². The van der Waals surface area contributed by atoms with Gasteiger partial charge in [-0.05, 0) is 56.2 Å². The molecule has 8 heteroatoms. The Bertz CT molecular complexity index is 1100. The molecule has 0 aliphatic carbocycles. The van der Waals surface area contributed by atoms with E-state index in [1.165, 1.54) is 6.07 Å². The molecular weight excluding hydrogens is 389 g/mol. The molecule has 2 aromatic carbocycles. The Morgan fingerprint density at radius 2 is 2.03 bits per heavy atom. The van der Waals surface area contributed by atoms with Gasteiger partial charge in [-0.25, -0.2) is 4.39 Å². The third kappa shape index (κ3) is 4.22. The van der Waals surface area contributed by atoms with E-state index in [0.717, 1.165) is 37.1 Å². The van der Waals surface area contributed by atoms with E-state index < -0.39 is 0 Å². The molecule has 4 rings (SSSR count). The lowest BCUT2D eigenvalue weighted by atomic mass is 10.1. The number of aromatic amines is 1. The quantitative estimate of drug-likeness (QED) is 0.615. The summed E-state index contributed by atoms with van der Waals surface area (Å²) in [7, 11) is 0. The van der Waals surface area contributed by atoms with Crippen LogP contribution in [0.5, 0.6) is 0 Å². The van der Waals surface area contributed by atoms with Crippen LogP contribution in [0.4, 0.5) is 15.8 Å². The lowest BCUT2D eigenvalue weighted by Gasteiger charge is -2.19. The monoisotopic (exact) mass is 411 g/mol. The highest BCUT2D eigenvalue weighted by Gasteiger charge is 2.17. The van der Waals surface area contributed by atoms with Gasteiger partial charge < -0.3 is 10.2 Å². The number of halogens is 1. The van der Waals surface area contributed by atoms with Gasteiger partial charge in [0.05, 0.1) is 5.69 Å². The summed E-state index contributed by atoms with van der Waals surface area (Å²) in [6.07, 6.45) is 2.15. The first-order valence-corrected chi connectivity index (χ1v) is 9.99. The molecule has 1 fully saturated rings. The Hall–Kier alpha value is -3.00. The number of nitrogens with one attached hydrogen (secondary N) is 2. The molecule has 0 spiro atoms. The van der Waals surface area contributed by atoms with Crippen LogP contribution in [0.25, 0.3) is 11.4 Å². The van der Waals surface area contributed by atoms with Crippen LogP contribution >= 0.6 is 12.2 Å². The smallest absolute Gasteiger partial charge is 0.244 e. The number of anilines is 2. The first kappa shape index (κ1) is 19.3. The Morgan fingerprint density at radius 1 is 1.24 bits per heavy atom. The van der Waals surface area contributed by atoms with Crippen LogP contribution in [0, 0.1) is 17.5 Å². The molecule has 1 aliphatic rings. The van der Waals surface area contributed by atoms with Crippen molar-refractivity contribution in [3.8, 4) is 11.4 Å². The summed E-state index contributed by atoms with van der Waals surface area (Å²) in [6, 6.07) is 12.6. The molecule has 2 N–H and O–H groups in total. The maximum atomic E-state index is 14.5. The fourth-order valence-electron chi connectivity index (χ4n) is 3.61. The first-order chi connectivity index (χ1) is 14.0. The number of H-pyrrole nitrogens is 1. The van der Waals surface area contributed by atoms with E-state index in [2.05, 4.69) is 15.5 Å². The Morgan fingerprint density at radius 3 is 2.76 bits per heavy atom. The predicted molar refractivity (Wildman–Crippen MR) is 114 cm³/mol. The van der Waals surface area contributed by atoms with E-state index >= 15 is 0 Å². The highest BCUT2D eigenvalue weighted by atomic mass is 32.1. The van der Waals surface area contributed by atoms with Crippen molar-refractivity contribution < 1.29 is 9.18 Å². The number of nitrogens with zero attached hydrogens (tertiary/aromatic N) is 3. The van der Waals surface area contributed by atoms with Crippen molar-refractivity contribution in [3.63, 3.8) is 0 Å². The van der Waals surface area contributed by atoms with Gasteiger partial charge in [0, 0.05) is 24.3 Å². The standard InChI is InChI=1S/C21H22FN5OS/c1-14-5-4-6-15(11-14)20-24-25-21(29)27(20)13-19(28)23-16-7-8-18(17(22)12-16)26-9-2-3-10-26/h4-8,11-12H,2-3,9-10,13H2,1H3,(H,23,28)(H,25,29). The topological polar surface area (TPSA) is 66.0 Å². The second-order valence-corrected chi connectivity index (χ2v) is 7.60. The normalized spacial score (nSPS) is 13.7. The second kappa shape index (κ2) is 8.16. The van der Waals surface area contributed by atoms with Crippen LogP contribution in [0.1, 0.15) is 18.4 Å². The Labute approximate surface area is 173 Å². The van der Waals surface area contributed by atoms with Crippen molar-refractivity contribution in [1.82, 2.24) is 14.8 Å². The van der Waals surface area contributed by atoms with Gasteiger partial charge in [0.2, 0.25) is 5.91 Å². The van der Waals surface area contributed by atoms with Crippen LogP contribution in [0.15, 0.2) is 42.5 Å². The summed E-state index contributed by atoms with van der Waals surface area (Å²) in [5.74, 6) is -0.0424. The van der Waals surface area contributed by atoms with Crippen LogP contribution in [0.2, 0.25) is 0 Å². The molecule has 0 radical (unpaired) electrons. The van der Waals surface area contributed by atoms with Crippen LogP contribution in [-0.2, 0) is 11.3 Å². The largest absolute Gasteiger partial charge is 0.369 e. The number of carbonyl (C=O) groups is 1. The van der Waals surface area contributed by atoms with Gasteiger partial charge in [-0.3, -0.25) is 14.5 Å². The van der Waals surface area contributed by atoms with Gasteiger partial charge in [0.15, 0.2) is 10.6 Å². The number of amides is 1. The van der Waals surface area contributed by atoms with Gasteiger partial charge >= 0.3 is 0 Å². The zero-order valence-electron chi connectivity index (χ0n) is 16.1. The fraction of sp³-hybridized carbons (Fsp3) is 0.286. The van der Waals surface area contributed by atoms with E-state index in [9.17, 15) is 9.18 Å². The number of hydrogen-bond acceptors (Lipinski definition) is 4. The van der Waals surface area contributed by atoms with Gasteiger partial charge in [0.1, 0.15) is 12.4 Å². The van der Waals surface area contributed by atoms with E-state index in [1.807, 2.05) is 36.1 Å². The third-order valence-corrected chi connectivity index (χ3v) is 5.33. The highest BCUT2D eigenvalue weighted by molar-refractivity contribution is 7.71. The lowest BCUT2D eigenvalue weighted by molar-refractivity contribution is -0.116. The van der Waals surface area contributed by atoms with Crippen molar-refractivity contribution in [2.45, 2.75) is 26.3 Å². The summed E-state index contributed by atoms with van der Waals surface area (Å²) in [6.45, 7) is 3.70. The minimum atomic E-state index is -0.329. The maximum Gasteiger partial charge on any atom is 0.244 e. The third-order valence-electron chi connectivity index (χ3n) is 5.01. The first-order valence-electron chi connectivity index (χ1n) is 9.58. The molecule has 3 aromatic rings. The molecule has 1 amide bonds. The average molecular weight is 412 g/mol. The molecular formula is C21H22FN5OS. The number of aryl methyl sites for hydroxylation is 1. The number of benzene rings is 2. The molecule has 0 atom stereocenters. The minimum Gasteiger partial charge on any atom is -0.369 e. The molecule has 2 heterocycles. The summed E-state index contributed by atoms with van der Waals surface area (Å²) in [4.78, 5) is 14.6. The number of aromatic nitrogens is 3. The molecule has 0 unspecified atom stereocenters. The van der Waals surface area contributed by atoms with Gasteiger partial charge in [0.25, 0.3) is 0 Å². The number of rotatable bonds is 5.